The van der Waals surface area contributed by atoms with E-state index in [2.05, 4.69) is 91.8 Å². The van der Waals surface area contributed by atoms with E-state index < -0.39 is 0 Å². The van der Waals surface area contributed by atoms with Crippen LogP contribution in [0.25, 0.3) is 10.8 Å². The molecule has 0 aromatic heterocycles. The molecule has 44 heavy (non-hydrogen) atoms. The molecular formula is C40H50N2O2. The van der Waals surface area contributed by atoms with Gasteiger partial charge in [-0.25, -0.2) is 0 Å². The van der Waals surface area contributed by atoms with Crippen molar-refractivity contribution in [3.8, 4) is 11.5 Å². The highest BCUT2D eigenvalue weighted by atomic mass is 16.3. The quantitative estimate of drug-likeness (QED) is 0.161. The first-order valence-electron chi connectivity index (χ1n) is 16.2. The Morgan fingerprint density at radius 3 is 1.30 bits per heavy atom. The fourth-order valence-electron chi connectivity index (χ4n) is 5.94. The summed E-state index contributed by atoms with van der Waals surface area (Å²) in [6, 6.07) is 20.5. The summed E-state index contributed by atoms with van der Waals surface area (Å²) >= 11 is 0. The lowest BCUT2D eigenvalue weighted by Gasteiger charge is -2.14. The van der Waals surface area contributed by atoms with Gasteiger partial charge in [0.25, 0.3) is 0 Å². The van der Waals surface area contributed by atoms with Crippen molar-refractivity contribution in [2.24, 2.45) is 33.7 Å². The first-order chi connectivity index (χ1) is 20.9. The molecule has 4 aromatic rings. The average Bonchev–Trinajstić information content (AvgIpc) is 2.93. The van der Waals surface area contributed by atoms with Crippen molar-refractivity contribution in [1.29, 1.82) is 0 Å². The molecule has 0 amide bonds. The molecule has 0 atom stereocenters. The second-order valence-corrected chi connectivity index (χ2v) is 13.9. The molecule has 0 aliphatic rings. The van der Waals surface area contributed by atoms with Crippen LogP contribution < -0.4 is 0 Å². The maximum absolute atomic E-state index is 11.2. The van der Waals surface area contributed by atoms with Crippen LogP contribution in [0.2, 0.25) is 0 Å². The largest absolute Gasteiger partial charge is 0.507 e. The van der Waals surface area contributed by atoms with Crippen molar-refractivity contribution >= 4 is 34.6 Å². The van der Waals surface area contributed by atoms with Gasteiger partial charge in [0.15, 0.2) is 0 Å². The Morgan fingerprint density at radius 2 is 0.932 bits per heavy atom. The highest BCUT2D eigenvalue weighted by molar-refractivity contribution is 6.04. The van der Waals surface area contributed by atoms with Crippen LogP contribution in [-0.2, 0) is 25.7 Å². The number of benzene rings is 4. The van der Waals surface area contributed by atoms with Crippen LogP contribution in [0.4, 0.5) is 11.4 Å². The smallest absolute Gasteiger partial charge is 0.127 e. The van der Waals surface area contributed by atoms with Gasteiger partial charge in [0.05, 0.1) is 11.4 Å². The molecule has 0 fully saturated rings. The second kappa shape index (κ2) is 14.7. The highest BCUT2D eigenvalue weighted by Crippen LogP contribution is 2.36. The van der Waals surface area contributed by atoms with Gasteiger partial charge in [-0.1, -0.05) is 91.8 Å². The van der Waals surface area contributed by atoms with E-state index in [9.17, 15) is 10.2 Å². The van der Waals surface area contributed by atoms with Crippen molar-refractivity contribution in [2.45, 2.75) is 81.1 Å². The van der Waals surface area contributed by atoms with Gasteiger partial charge >= 0.3 is 0 Å². The molecule has 4 rings (SSSR count). The van der Waals surface area contributed by atoms with Crippen LogP contribution in [-0.4, -0.2) is 22.6 Å². The molecule has 0 radical (unpaired) electrons. The fourth-order valence-corrected chi connectivity index (χ4v) is 5.94. The standard InChI is InChI=1S/C40H50N2O2/c1-25(2)15-29-19-32(17-27(5)6)39(43)34(21-29)23-41-36-13-9-11-31-12-10-14-37(38(31)36)42-24-35-22-30(16-26(3)4)20-33(40(35)44)18-28(7)8/h9-14,19-28,43-44H,15-18H2,1-8H3. The van der Waals surface area contributed by atoms with Crippen LogP contribution >= 0.6 is 0 Å². The van der Waals surface area contributed by atoms with Gasteiger partial charge < -0.3 is 10.2 Å². The minimum Gasteiger partial charge on any atom is -0.507 e. The van der Waals surface area contributed by atoms with Crippen molar-refractivity contribution < 1.29 is 10.2 Å². The number of phenols is 2. The topological polar surface area (TPSA) is 65.2 Å². The lowest BCUT2D eigenvalue weighted by Crippen LogP contribution is -2.01. The zero-order chi connectivity index (χ0) is 32.0. The summed E-state index contributed by atoms with van der Waals surface area (Å²) in [4.78, 5) is 9.85. The molecule has 0 aliphatic carbocycles. The van der Waals surface area contributed by atoms with Crippen molar-refractivity contribution in [1.82, 2.24) is 0 Å². The van der Waals surface area contributed by atoms with Gasteiger partial charge in [-0.15, -0.1) is 0 Å². The van der Waals surface area contributed by atoms with Crippen LogP contribution in [0, 0.1) is 23.7 Å². The van der Waals surface area contributed by atoms with E-state index in [1.54, 1.807) is 12.4 Å². The maximum Gasteiger partial charge on any atom is 0.127 e. The van der Waals surface area contributed by atoms with Gasteiger partial charge in [-0.05, 0) is 101 Å². The van der Waals surface area contributed by atoms with E-state index in [4.69, 9.17) is 9.98 Å². The summed E-state index contributed by atoms with van der Waals surface area (Å²) in [5, 5.41) is 24.4. The number of aromatic hydroxyl groups is 2. The summed E-state index contributed by atoms with van der Waals surface area (Å²) in [6.07, 6.45) is 7.11. The van der Waals surface area contributed by atoms with Gasteiger partial charge in [0.1, 0.15) is 11.5 Å². The Labute approximate surface area is 264 Å². The zero-order valence-corrected chi connectivity index (χ0v) is 27.9. The third-order valence-corrected chi connectivity index (χ3v) is 7.65. The Bertz CT molecular complexity index is 1530. The summed E-state index contributed by atoms with van der Waals surface area (Å²) in [6.45, 7) is 17.5. The van der Waals surface area contributed by atoms with Crippen LogP contribution in [0.1, 0.15) is 88.8 Å². The molecule has 4 heteroatoms. The molecule has 2 N–H and O–H groups in total. The lowest BCUT2D eigenvalue weighted by molar-refractivity contribution is 0.460. The number of nitrogens with zero attached hydrogens (tertiary/aromatic N) is 2. The second-order valence-electron chi connectivity index (χ2n) is 13.9. The molecule has 0 unspecified atom stereocenters. The average molecular weight is 591 g/mol. The number of fused-ring (bicyclic) bond motifs is 1. The first kappa shape index (κ1) is 33.0. The van der Waals surface area contributed by atoms with Gasteiger partial charge in [0.2, 0.25) is 0 Å². The molecule has 232 valence electrons. The van der Waals surface area contributed by atoms with E-state index >= 15 is 0 Å². The van der Waals surface area contributed by atoms with E-state index in [0.29, 0.717) is 35.2 Å². The molecule has 0 spiro atoms. The summed E-state index contributed by atoms with van der Waals surface area (Å²) < 4.78 is 0. The van der Waals surface area contributed by atoms with Gasteiger partial charge in [-0.2, -0.15) is 0 Å². The normalized spacial score (nSPS) is 12.4. The predicted octanol–water partition coefficient (Wildman–Crippen LogP) is 10.5. The Morgan fingerprint density at radius 1 is 0.545 bits per heavy atom. The Kier molecular flexibility index (Phi) is 11.0. The van der Waals surface area contributed by atoms with Crippen LogP contribution in [0.5, 0.6) is 11.5 Å². The van der Waals surface area contributed by atoms with Gasteiger partial charge in [-0.3, -0.25) is 9.98 Å². The third kappa shape index (κ3) is 8.59. The van der Waals surface area contributed by atoms with Crippen molar-refractivity contribution in [2.75, 3.05) is 0 Å². The van der Waals surface area contributed by atoms with Crippen LogP contribution in [0.15, 0.2) is 70.6 Å². The van der Waals surface area contributed by atoms with E-state index in [1.165, 1.54) is 11.1 Å². The molecule has 4 aromatic carbocycles. The molecule has 0 saturated heterocycles. The van der Waals surface area contributed by atoms with Gasteiger partial charge in [0, 0.05) is 28.9 Å². The highest BCUT2D eigenvalue weighted by Gasteiger charge is 2.14. The predicted molar refractivity (Wildman–Crippen MR) is 189 cm³/mol. The summed E-state index contributed by atoms with van der Waals surface area (Å²) in [7, 11) is 0. The Balaban J connectivity index is 1.78. The molecule has 0 aliphatic heterocycles. The fraction of sp³-hybridized carbons (Fsp3) is 0.400. The molecule has 4 nitrogen and oxygen atoms in total. The number of aliphatic imine (C=N–C) groups is 2. The minimum absolute atomic E-state index is 0.308. The maximum atomic E-state index is 11.2. The minimum atomic E-state index is 0.308. The number of phenolic OH excluding ortho intramolecular Hbond substituents is 2. The Hall–Kier alpha value is -3.92. The van der Waals surface area contributed by atoms with Crippen LogP contribution in [0.3, 0.4) is 0 Å². The number of hydrogen-bond donors (Lipinski definition) is 2. The van der Waals surface area contributed by atoms with E-state index in [-0.39, 0.29) is 0 Å². The van der Waals surface area contributed by atoms with Crippen molar-refractivity contribution in [3.05, 3.63) is 94.0 Å². The molecule has 0 bridgehead atoms. The summed E-state index contributed by atoms with van der Waals surface area (Å²) in [5.41, 5.74) is 7.42. The van der Waals surface area contributed by atoms with Crippen molar-refractivity contribution in [3.63, 3.8) is 0 Å². The molecule has 0 saturated carbocycles. The monoisotopic (exact) mass is 590 g/mol. The number of hydrogen-bond acceptors (Lipinski definition) is 4. The first-order valence-corrected chi connectivity index (χ1v) is 16.2. The molecule has 0 heterocycles. The number of rotatable bonds is 12. The zero-order valence-electron chi connectivity index (χ0n) is 27.9. The summed E-state index contributed by atoms with van der Waals surface area (Å²) in [5.74, 6) is 2.52. The van der Waals surface area contributed by atoms with E-state index in [1.807, 2.05) is 24.3 Å². The molecular weight excluding hydrogens is 540 g/mol. The lowest BCUT2D eigenvalue weighted by atomic mass is 9.93. The third-order valence-electron chi connectivity index (χ3n) is 7.65. The SMILES string of the molecule is CC(C)Cc1cc(C=Nc2cccc3cccc(N=Cc4cc(CC(C)C)cc(CC(C)C)c4O)c23)c(O)c(CC(C)C)c1. The van der Waals surface area contributed by atoms with E-state index in [0.717, 1.165) is 70.1 Å².